The number of rotatable bonds is 1. The second-order valence-corrected chi connectivity index (χ2v) is 5.49. The third kappa shape index (κ3) is 2.41. The molecule has 0 bridgehead atoms. The van der Waals surface area contributed by atoms with E-state index in [0.29, 0.717) is 0 Å². The average Bonchev–Trinajstić information content (AvgIpc) is 2.42. The molecule has 2 aromatic rings. The Hall–Kier alpha value is -1.24. The molecule has 2 rings (SSSR count). The summed E-state index contributed by atoms with van der Waals surface area (Å²) >= 11 is 0. The third-order valence-corrected chi connectivity index (χ3v) is 2.43. The van der Waals surface area contributed by atoms with Crippen LogP contribution < -0.4 is 0 Å². The summed E-state index contributed by atoms with van der Waals surface area (Å²) in [6.45, 7) is 8.77. The van der Waals surface area contributed by atoms with Crippen LogP contribution in [0.5, 0.6) is 0 Å². The summed E-state index contributed by atoms with van der Waals surface area (Å²) in [6, 6.07) is 8.50. The molecule has 0 saturated heterocycles. The van der Waals surface area contributed by atoms with Gasteiger partial charge < -0.3 is 4.42 Å². The number of aryl methyl sites for hydroxylation is 1. The van der Waals surface area contributed by atoms with E-state index in [0.717, 1.165) is 17.8 Å². The van der Waals surface area contributed by atoms with E-state index in [2.05, 4.69) is 52.0 Å². The van der Waals surface area contributed by atoms with Gasteiger partial charge in [-0.25, -0.2) is 0 Å². The molecular formula is C14H18O. The molecule has 0 saturated carbocycles. The largest absolute Gasteiger partial charge is 0.461 e. The maximum Gasteiger partial charge on any atom is 0.134 e. The number of furan rings is 1. The number of benzene rings is 1. The van der Waals surface area contributed by atoms with Crippen molar-refractivity contribution in [2.75, 3.05) is 0 Å². The van der Waals surface area contributed by atoms with Crippen LogP contribution in [0.2, 0.25) is 0 Å². The monoisotopic (exact) mass is 202 g/mol. The van der Waals surface area contributed by atoms with Crippen LogP contribution in [-0.4, -0.2) is 0 Å². The van der Waals surface area contributed by atoms with Crippen molar-refractivity contribution < 1.29 is 4.42 Å². The first-order valence-electron chi connectivity index (χ1n) is 5.43. The maximum absolute atomic E-state index is 5.82. The summed E-state index contributed by atoms with van der Waals surface area (Å²) in [5.41, 5.74) is 2.54. The van der Waals surface area contributed by atoms with Gasteiger partial charge in [0.1, 0.15) is 11.3 Å². The lowest BCUT2D eigenvalue weighted by Crippen LogP contribution is -2.08. The van der Waals surface area contributed by atoms with Crippen LogP contribution in [0.4, 0.5) is 0 Å². The fraction of sp³-hybridized carbons (Fsp3) is 0.429. The van der Waals surface area contributed by atoms with Crippen LogP contribution in [0.25, 0.3) is 11.0 Å². The number of fused-ring (bicyclic) bond motifs is 1. The van der Waals surface area contributed by atoms with E-state index in [9.17, 15) is 0 Å². The van der Waals surface area contributed by atoms with E-state index in [4.69, 9.17) is 4.42 Å². The van der Waals surface area contributed by atoms with Gasteiger partial charge in [0.25, 0.3) is 0 Å². The van der Waals surface area contributed by atoms with Gasteiger partial charge in [0.15, 0.2) is 0 Å². The van der Waals surface area contributed by atoms with Crippen molar-refractivity contribution in [1.82, 2.24) is 0 Å². The van der Waals surface area contributed by atoms with Crippen LogP contribution >= 0.6 is 0 Å². The summed E-state index contributed by atoms with van der Waals surface area (Å²) in [4.78, 5) is 0. The minimum absolute atomic E-state index is 0.281. The van der Waals surface area contributed by atoms with E-state index in [1.54, 1.807) is 0 Å². The fourth-order valence-corrected chi connectivity index (χ4v) is 1.80. The highest BCUT2D eigenvalue weighted by atomic mass is 16.3. The van der Waals surface area contributed by atoms with Crippen LogP contribution in [-0.2, 0) is 6.42 Å². The summed E-state index contributed by atoms with van der Waals surface area (Å²) < 4.78 is 5.82. The molecule has 0 aliphatic carbocycles. The Kier molecular flexibility index (Phi) is 2.34. The summed E-state index contributed by atoms with van der Waals surface area (Å²) in [5.74, 6) is 1.09. The lowest BCUT2D eigenvalue weighted by molar-refractivity contribution is 0.370. The van der Waals surface area contributed by atoms with E-state index in [1.807, 2.05) is 0 Å². The summed E-state index contributed by atoms with van der Waals surface area (Å²) in [7, 11) is 0. The molecule has 0 fully saturated rings. The number of hydrogen-bond acceptors (Lipinski definition) is 1. The van der Waals surface area contributed by atoms with E-state index < -0.39 is 0 Å². The lowest BCUT2D eigenvalue weighted by Gasteiger charge is -2.15. The Bertz CT molecular complexity index is 472. The van der Waals surface area contributed by atoms with Crippen LogP contribution in [0.3, 0.4) is 0 Å². The predicted molar refractivity (Wildman–Crippen MR) is 64.1 cm³/mol. The molecule has 0 amide bonds. The first-order chi connectivity index (χ1) is 6.94. The maximum atomic E-state index is 5.82. The van der Waals surface area contributed by atoms with Gasteiger partial charge in [0.2, 0.25) is 0 Å². The van der Waals surface area contributed by atoms with Crippen molar-refractivity contribution in [3.05, 3.63) is 35.6 Å². The van der Waals surface area contributed by atoms with Crippen LogP contribution in [0.1, 0.15) is 32.1 Å². The SMILES string of the molecule is Cc1ccc2cc(CC(C)(C)C)oc2c1. The zero-order valence-electron chi connectivity index (χ0n) is 9.92. The number of hydrogen-bond donors (Lipinski definition) is 0. The van der Waals surface area contributed by atoms with E-state index in [-0.39, 0.29) is 5.41 Å². The second kappa shape index (κ2) is 3.41. The van der Waals surface area contributed by atoms with Gasteiger partial charge in [0, 0.05) is 11.8 Å². The van der Waals surface area contributed by atoms with Gasteiger partial charge >= 0.3 is 0 Å². The molecule has 0 aliphatic heterocycles. The third-order valence-electron chi connectivity index (χ3n) is 2.43. The molecule has 0 atom stereocenters. The molecule has 0 aliphatic rings. The molecule has 15 heavy (non-hydrogen) atoms. The van der Waals surface area contributed by atoms with Gasteiger partial charge in [-0.05, 0) is 30.0 Å². The topological polar surface area (TPSA) is 13.1 Å². The predicted octanol–water partition coefficient (Wildman–Crippen LogP) is 4.33. The van der Waals surface area contributed by atoms with Gasteiger partial charge in [-0.1, -0.05) is 32.9 Å². The second-order valence-electron chi connectivity index (χ2n) is 5.49. The van der Waals surface area contributed by atoms with Crippen molar-refractivity contribution >= 4 is 11.0 Å². The molecule has 0 radical (unpaired) electrons. The first-order valence-corrected chi connectivity index (χ1v) is 5.43. The molecule has 1 heteroatoms. The molecule has 1 aromatic carbocycles. The normalized spacial score (nSPS) is 12.3. The van der Waals surface area contributed by atoms with Crippen molar-refractivity contribution in [2.45, 2.75) is 34.1 Å². The summed E-state index contributed by atoms with van der Waals surface area (Å²) in [6.07, 6.45) is 0.987. The average molecular weight is 202 g/mol. The Morgan fingerprint density at radius 2 is 1.87 bits per heavy atom. The van der Waals surface area contributed by atoms with Crippen molar-refractivity contribution in [1.29, 1.82) is 0 Å². The van der Waals surface area contributed by atoms with E-state index >= 15 is 0 Å². The highest BCUT2D eigenvalue weighted by molar-refractivity contribution is 5.78. The minimum Gasteiger partial charge on any atom is -0.461 e. The highest BCUT2D eigenvalue weighted by Gasteiger charge is 2.14. The minimum atomic E-state index is 0.281. The van der Waals surface area contributed by atoms with Crippen molar-refractivity contribution in [3.8, 4) is 0 Å². The molecule has 0 spiro atoms. The Labute approximate surface area is 91.1 Å². The van der Waals surface area contributed by atoms with Crippen molar-refractivity contribution in [2.24, 2.45) is 5.41 Å². The van der Waals surface area contributed by atoms with Crippen LogP contribution in [0, 0.1) is 12.3 Å². The lowest BCUT2D eigenvalue weighted by atomic mass is 9.91. The standard InChI is InChI=1S/C14H18O/c1-10-5-6-11-8-12(9-14(2,3)4)15-13(11)7-10/h5-8H,9H2,1-4H3. The first kappa shape index (κ1) is 10.3. The van der Waals surface area contributed by atoms with Crippen LogP contribution in [0.15, 0.2) is 28.7 Å². The van der Waals surface area contributed by atoms with E-state index in [1.165, 1.54) is 10.9 Å². The van der Waals surface area contributed by atoms with Gasteiger partial charge in [-0.2, -0.15) is 0 Å². The molecule has 1 aromatic heterocycles. The molecule has 1 heterocycles. The van der Waals surface area contributed by atoms with Gasteiger partial charge in [0.05, 0.1) is 0 Å². The van der Waals surface area contributed by atoms with Crippen molar-refractivity contribution in [3.63, 3.8) is 0 Å². The molecular weight excluding hydrogens is 184 g/mol. The fourth-order valence-electron chi connectivity index (χ4n) is 1.80. The highest BCUT2D eigenvalue weighted by Crippen LogP contribution is 2.26. The quantitative estimate of drug-likeness (QED) is 0.670. The Morgan fingerprint density at radius 3 is 2.53 bits per heavy atom. The van der Waals surface area contributed by atoms with Gasteiger partial charge in [-0.15, -0.1) is 0 Å². The molecule has 0 N–H and O–H groups in total. The molecule has 80 valence electrons. The Balaban J connectivity index is 2.39. The molecule has 0 unspecified atom stereocenters. The Morgan fingerprint density at radius 1 is 1.13 bits per heavy atom. The molecule has 1 nitrogen and oxygen atoms in total. The van der Waals surface area contributed by atoms with Gasteiger partial charge in [-0.3, -0.25) is 0 Å². The zero-order chi connectivity index (χ0) is 11.1. The smallest absolute Gasteiger partial charge is 0.134 e. The summed E-state index contributed by atoms with van der Waals surface area (Å²) in [5, 5.41) is 1.21. The zero-order valence-corrected chi connectivity index (χ0v) is 9.92.